The molecule has 0 saturated heterocycles. The lowest BCUT2D eigenvalue weighted by Gasteiger charge is -2.24. The standard InChI is InChI=1S/C14H26N4/c1-14(2,3)15-10-9-13-17-16-11-18(13)12-7-5-4-6-8-12/h11-12,15H,4-10H2,1-3H3. The molecule has 0 atom stereocenters. The maximum Gasteiger partial charge on any atom is 0.134 e. The van der Waals surface area contributed by atoms with Crippen LogP contribution in [0.2, 0.25) is 0 Å². The van der Waals surface area contributed by atoms with Crippen molar-refractivity contribution in [3.05, 3.63) is 12.2 Å². The molecule has 18 heavy (non-hydrogen) atoms. The van der Waals surface area contributed by atoms with Gasteiger partial charge in [0.1, 0.15) is 12.2 Å². The second-order valence-corrected chi connectivity index (χ2v) is 6.37. The topological polar surface area (TPSA) is 42.7 Å². The van der Waals surface area contributed by atoms with Crippen LogP contribution < -0.4 is 5.32 Å². The third-order valence-electron chi connectivity index (χ3n) is 3.62. The summed E-state index contributed by atoms with van der Waals surface area (Å²) < 4.78 is 2.31. The second-order valence-electron chi connectivity index (χ2n) is 6.37. The molecule has 0 bridgehead atoms. The fraction of sp³-hybridized carbons (Fsp3) is 0.857. The van der Waals surface area contributed by atoms with Gasteiger partial charge in [-0.1, -0.05) is 19.3 Å². The molecule has 1 fully saturated rings. The fourth-order valence-electron chi connectivity index (χ4n) is 2.66. The molecule has 2 rings (SSSR count). The first-order chi connectivity index (χ1) is 8.56. The summed E-state index contributed by atoms with van der Waals surface area (Å²) in [7, 11) is 0. The Hall–Kier alpha value is -0.900. The third-order valence-corrected chi connectivity index (χ3v) is 3.62. The van der Waals surface area contributed by atoms with E-state index in [1.54, 1.807) is 0 Å². The Bertz CT molecular complexity index is 358. The zero-order valence-electron chi connectivity index (χ0n) is 11.9. The highest BCUT2D eigenvalue weighted by molar-refractivity contribution is 4.92. The zero-order valence-corrected chi connectivity index (χ0v) is 11.9. The molecule has 1 aromatic rings. The minimum atomic E-state index is 0.176. The van der Waals surface area contributed by atoms with Crippen molar-refractivity contribution in [2.24, 2.45) is 0 Å². The average Bonchev–Trinajstić information content (AvgIpc) is 2.77. The van der Waals surface area contributed by atoms with E-state index < -0.39 is 0 Å². The molecule has 1 aliphatic rings. The van der Waals surface area contributed by atoms with Gasteiger partial charge in [-0.15, -0.1) is 10.2 Å². The van der Waals surface area contributed by atoms with Gasteiger partial charge in [0.05, 0.1) is 0 Å². The van der Waals surface area contributed by atoms with E-state index in [1.807, 2.05) is 6.33 Å². The number of nitrogens with zero attached hydrogens (tertiary/aromatic N) is 3. The number of nitrogens with one attached hydrogen (secondary N) is 1. The van der Waals surface area contributed by atoms with E-state index in [1.165, 1.54) is 32.1 Å². The van der Waals surface area contributed by atoms with Crippen LogP contribution in [-0.2, 0) is 6.42 Å². The molecule has 102 valence electrons. The highest BCUT2D eigenvalue weighted by Crippen LogP contribution is 2.28. The van der Waals surface area contributed by atoms with Gasteiger partial charge < -0.3 is 9.88 Å². The highest BCUT2D eigenvalue weighted by Gasteiger charge is 2.18. The highest BCUT2D eigenvalue weighted by atomic mass is 15.3. The van der Waals surface area contributed by atoms with Crippen LogP contribution in [0.5, 0.6) is 0 Å². The molecule has 0 spiro atoms. The van der Waals surface area contributed by atoms with Gasteiger partial charge in [-0.2, -0.15) is 0 Å². The normalized spacial score (nSPS) is 18.2. The summed E-state index contributed by atoms with van der Waals surface area (Å²) in [6.07, 6.45) is 9.55. The zero-order chi connectivity index (χ0) is 13.0. The lowest BCUT2D eigenvalue weighted by molar-refractivity contribution is 0.342. The predicted octanol–water partition coefficient (Wildman–Crippen LogP) is 2.71. The minimum absolute atomic E-state index is 0.176. The van der Waals surface area contributed by atoms with Crippen molar-refractivity contribution in [2.45, 2.75) is 70.9 Å². The smallest absolute Gasteiger partial charge is 0.134 e. The SMILES string of the molecule is CC(C)(C)NCCc1nncn1C1CCCCC1. The number of aromatic nitrogens is 3. The number of rotatable bonds is 4. The van der Waals surface area contributed by atoms with Gasteiger partial charge in [0.2, 0.25) is 0 Å². The Morgan fingerprint density at radius 2 is 2.00 bits per heavy atom. The quantitative estimate of drug-likeness (QED) is 0.893. The van der Waals surface area contributed by atoms with Crippen molar-refractivity contribution in [3.63, 3.8) is 0 Å². The van der Waals surface area contributed by atoms with Crippen molar-refractivity contribution in [3.8, 4) is 0 Å². The summed E-state index contributed by atoms with van der Waals surface area (Å²) in [6, 6.07) is 0.637. The predicted molar refractivity (Wildman–Crippen MR) is 73.6 cm³/mol. The van der Waals surface area contributed by atoms with Crippen molar-refractivity contribution >= 4 is 0 Å². The van der Waals surface area contributed by atoms with Crippen LogP contribution in [0.1, 0.15) is 64.7 Å². The van der Waals surface area contributed by atoms with Crippen LogP contribution in [0.25, 0.3) is 0 Å². The largest absolute Gasteiger partial charge is 0.314 e. The van der Waals surface area contributed by atoms with Gasteiger partial charge in [0.25, 0.3) is 0 Å². The fourth-order valence-corrected chi connectivity index (χ4v) is 2.66. The summed E-state index contributed by atoms with van der Waals surface area (Å²) in [6.45, 7) is 7.55. The molecule has 4 heteroatoms. The van der Waals surface area contributed by atoms with E-state index in [0.29, 0.717) is 6.04 Å². The van der Waals surface area contributed by atoms with Gasteiger partial charge in [0, 0.05) is 24.5 Å². The molecule has 1 aliphatic carbocycles. The van der Waals surface area contributed by atoms with E-state index in [0.717, 1.165) is 18.8 Å². The van der Waals surface area contributed by atoms with E-state index in [2.05, 4.69) is 40.9 Å². The first kappa shape index (κ1) is 13.5. The Balaban J connectivity index is 1.91. The van der Waals surface area contributed by atoms with Crippen LogP contribution >= 0.6 is 0 Å². The maximum absolute atomic E-state index is 4.28. The molecule has 0 amide bonds. The maximum atomic E-state index is 4.28. The van der Waals surface area contributed by atoms with Crippen LogP contribution in [0.3, 0.4) is 0 Å². The van der Waals surface area contributed by atoms with Crippen molar-refractivity contribution in [2.75, 3.05) is 6.54 Å². The summed E-state index contributed by atoms with van der Waals surface area (Å²) in [5.74, 6) is 1.14. The monoisotopic (exact) mass is 250 g/mol. The lowest BCUT2D eigenvalue weighted by Crippen LogP contribution is -2.37. The first-order valence-electron chi connectivity index (χ1n) is 7.20. The molecular weight excluding hydrogens is 224 g/mol. The van der Waals surface area contributed by atoms with E-state index in [-0.39, 0.29) is 5.54 Å². The molecule has 0 unspecified atom stereocenters. The lowest BCUT2D eigenvalue weighted by atomic mass is 9.95. The Morgan fingerprint density at radius 3 is 2.67 bits per heavy atom. The van der Waals surface area contributed by atoms with Gasteiger partial charge in [-0.25, -0.2) is 0 Å². The van der Waals surface area contributed by atoms with Gasteiger partial charge in [-0.05, 0) is 33.6 Å². The Morgan fingerprint density at radius 1 is 1.28 bits per heavy atom. The molecule has 0 aromatic carbocycles. The van der Waals surface area contributed by atoms with E-state index >= 15 is 0 Å². The summed E-state index contributed by atoms with van der Waals surface area (Å²) >= 11 is 0. The molecular formula is C14H26N4. The molecule has 0 radical (unpaired) electrons. The van der Waals surface area contributed by atoms with E-state index in [4.69, 9.17) is 0 Å². The summed E-state index contributed by atoms with van der Waals surface area (Å²) in [5.41, 5.74) is 0.176. The molecule has 1 N–H and O–H groups in total. The van der Waals surface area contributed by atoms with Gasteiger partial charge in [0.15, 0.2) is 0 Å². The summed E-state index contributed by atoms with van der Waals surface area (Å²) in [4.78, 5) is 0. The van der Waals surface area contributed by atoms with Crippen LogP contribution in [0.15, 0.2) is 6.33 Å². The first-order valence-corrected chi connectivity index (χ1v) is 7.20. The molecule has 4 nitrogen and oxygen atoms in total. The molecule has 1 aromatic heterocycles. The van der Waals surface area contributed by atoms with Gasteiger partial charge >= 0.3 is 0 Å². The van der Waals surface area contributed by atoms with Crippen LogP contribution in [0.4, 0.5) is 0 Å². The van der Waals surface area contributed by atoms with Gasteiger partial charge in [-0.3, -0.25) is 0 Å². The van der Waals surface area contributed by atoms with Crippen LogP contribution in [-0.4, -0.2) is 26.8 Å². The Labute approximate surface area is 110 Å². The Kier molecular flexibility index (Phi) is 4.38. The van der Waals surface area contributed by atoms with Crippen molar-refractivity contribution in [1.29, 1.82) is 0 Å². The number of hydrogen-bond acceptors (Lipinski definition) is 3. The van der Waals surface area contributed by atoms with Crippen LogP contribution in [0, 0.1) is 0 Å². The molecule has 1 saturated carbocycles. The minimum Gasteiger partial charge on any atom is -0.314 e. The number of hydrogen-bond donors (Lipinski definition) is 1. The molecule has 0 aliphatic heterocycles. The summed E-state index contributed by atoms with van der Waals surface area (Å²) in [5, 5.41) is 11.9. The molecule has 1 heterocycles. The van der Waals surface area contributed by atoms with E-state index in [9.17, 15) is 0 Å². The average molecular weight is 250 g/mol. The van der Waals surface area contributed by atoms with Crippen molar-refractivity contribution in [1.82, 2.24) is 20.1 Å². The third kappa shape index (κ3) is 3.80. The second kappa shape index (κ2) is 5.83. The van der Waals surface area contributed by atoms with Crippen molar-refractivity contribution < 1.29 is 0 Å².